The third-order valence-corrected chi connectivity index (χ3v) is 6.78. The number of alkyl halides is 3. The summed E-state index contributed by atoms with van der Waals surface area (Å²) in [6, 6.07) is 5.93. The van der Waals surface area contributed by atoms with Gasteiger partial charge in [0.2, 0.25) is 0 Å². The van der Waals surface area contributed by atoms with Crippen LogP contribution in [0.4, 0.5) is 17.6 Å². The number of rotatable bonds is 6. The summed E-state index contributed by atoms with van der Waals surface area (Å²) in [5, 5.41) is 2.48. The van der Waals surface area contributed by atoms with Gasteiger partial charge in [-0.3, -0.25) is 9.52 Å². The number of nitrogens with one attached hydrogen (secondary N) is 1. The van der Waals surface area contributed by atoms with Crippen molar-refractivity contribution in [2.24, 2.45) is 5.16 Å². The molecule has 0 aromatic heterocycles. The van der Waals surface area contributed by atoms with E-state index < -0.39 is 56.5 Å². The predicted molar refractivity (Wildman–Crippen MR) is 118 cm³/mol. The molecule has 0 aliphatic carbocycles. The van der Waals surface area contributed by atoms with Crippen molar-refractivity contribution in [2.75, 3.05) is 5.75 Å². The summed E-state index contributed by atoms with van der Waals surface area (Å²) in [6.45, 7) is 3.41. The van der Waals surface area contributed by atoms with E-state index in [0.29, 0.717) is 23.3 Å². The van der Waals surface area contributed by atoms with E-state index in [1.54, 1.807) is 6.92 Å². The molecule has 2 aromatic rings. The molecule has 1 heterocycles. The van der Waals surface area contributed by atoms with E-state index in [1.807, 2.05) is 6.92 Å². The number of carbonyl (C=O) groups excluding carboxylic acids is 1. The molecular formula is C21H18Cl2F4N2O3S. The number of amides is 1. The molecule has 0 fully saturated rings. The van der Waals surface area contributed by atoms with E-state index in [-0.39, 0.29) is 11.3 Å². The van der Waals surface area contributed by atoms with Gasteiger partial charge in [0, 0.05) is 23.3 Å². The molecule has 1 aliphatic rings. The van der Waals surface area contributed by atoms with Crippen LogP contribution in [0.1, 0.15) is 46.8 Å². The fraction of sp³-hybridized carbons (Fsp3) is 0.333. The number of carbonyl (C=O) groups is 1. The van der Waals surface area contributed by atoms with Crippen molar-refractivity contribution in [1.82, 2.24) is 4.72 Å². The molecule has 1 aliphatic heterocycles. The number of halogens is 6. The zero-order valence-electron chi connectivity index (χ0n) is 17.4. The van der Waals surface area contributed by atoms with Crippen molar-refractivity contribution >= 4 is 45.8 Å². The van der Waals surface area contributed by atoms with Crippen LogP contribution in [0.2, 0.25) is 10.0 Å². The van der Waals surface area contributed by atoms with Gasteiger partial charge < -0.3 is 4.84 Å². The molecule has 2 unspecified atom stereocenters. The maximum atomic E-state index is 14.1. The fourth-order valence-corrected chi connectivity index (χ4v) is 4.62. The molecule has 33 heavy (non-hydrogen) atoms. The van der Waals surface area contributed by atoms with Crippen LogP contribution in [0.3, 0.4) is 0 Å². The van der Waals surface area contributed by atoms with E-state index in [9.17, 15) is 26.6 Å². The molecular weight excluding hydrogens is 507 g/mol. The lowest BCUT2D eigenvalue weighted by Crippen LogP contribution is -2.42. The fourth-order valence-electron chi connectivity index (χ4n) is 3.34. The highest BCUT2D eigenvalue weighted by Crippen LogP contribution is 2.50. The average Bonchev–Trinajstić information content (AvgIpc) is 3.18. The van der Waals surface area contributed by atoms with Gasteiger partial charge in [-0.05, 0) is 48.7 Å². The Morgan fingerprint density at radius 1 is 1.24 bits per heavy atom. The van der Waals surface area contributed by atoms with Crippen molar-refractivity contribution in [2.45, 2.75) is 38.5 Å². The van der Waals surface area contributed by atoms with Crippen LogP contribution in [-0.2, 0) is 21.4 Å². The van der Waals surface area contributed by atoms with Crippen LogP contribution in [0, 0.1) is 12.7 Å². The van der Waals surface area contributed by atoms with Gasteiger partial charge in [-0.1, -0.05) is 41.3 Å². The molecule has 0 bridgehead atoms. The predicted octanol–water partition coefficient (Wildman–Crippen LogP) is 5.83. The highest BCUT2D eigenvalue weighted by Gasteiger charge is 2.62. The van der Waals surface area contributed by atoms with Gasteiger partial charge in [0.25, 0.3) is 11.5 Å². The molecule has 0 spiro atoms. The first-order valence-electron chi connectivity index (χ1n) is 9.66. The molecule has 0 saturated carbocycles. The lowest BCUT2D eigenvalue weighted by molar-refractivity contribution is -0.275. The number of aryl methyl sites for hydroxylation is 1. The lowest BCUT2D eigenvalue weighted by Gasteiger charge is -2.29. The van der Waals surface area contributed by atoms with E-state index in [0.717, 1.165) is 12.1 Å². The Balaban J connectivity index is 1.91. The summed E-state index contributed by atoms with van der Waals surface area (Å²) >= 11 is 11.4. The molecule has 12 heteroatoms. The molecule has 2 aromatic carbocycles. The van der Waals surface area contributed by atoms with Crippen LogP contribution >= 0.6 is 23.2 Å². The van der Waals surface area contributed by atoms with Crippen LogP contribution in [0.5, 0.6) is 0 Å². The Morgan fingerprint density at radius 2 is 1.88 bits per heavy atom. The molecule has 178 valence electrons. The first-order valence-corrected chi connectivity index (χ1v) is 11.7. The molecule has 2 atom stereocenters. The van der Waals surface area contributed by atoms with Crippen molar-refractivity contribution < 1.29 is 31.4 Å². The summed E-state index contributed by atoms with van der Waals surface area (Å²) in [6.07, 6.45) is -5.03. The van der Waals surface area contributed by atoms with Crippen LogP contribution < -0.4 is 4.72 Å². The van der Waals surface area contributed by atoms with E-state index >= 15 is 0 Å². The van der Waals surface area contributed by atoms with Gasteiger partial charge in [-0.25, -0.2) is 8.60 Å². The van der Waals surface area contributed by atoms with Gasteiger partial charge in [0.1, 0.15) is 11.0 Å². The second-order valence-electron chi connectivity index (χ2n) is 7.40. The van der Waals surface area contributed by atoms with Crippen LogP contribution in [0.15, 0.2) is 35.5 Å². The van der Waals surface area contributed by atoms with Crippen molar-refractivity contribution in [3.05, 3.63) is 68.4 Å². The van der Waals surface area contributed by atoms with Gasteiger partial charge in [0.05, 0.1) is 15.8 Å². The Labute approximate surface area is 199 Å². The molecule has 1 amide bonds. The van der Waals surface area contributed by atoms with Gasteiger partial charge >= 0.3 is 6.18 Å². The number of hydrogen-bond donors (Lipinski definition) is 1. The third-order valence-electron chi connectivity index (χ3n) is 5.04. The molecule has 0 radical (unpaired) electrons. The maximum absolute atomic E-state index is 14.1. The normalized spacial score (nSPS) is 19.1. The van der Waals surface area contributed by atoms with Gasteiger partial charge in [0.15, 0.2) is 5.82 Å². The van der Waals surface area contributed by atoms with Crippen molar-refractivity contribution in [3.63, 3.8) is 0 Å². The second-order valence-corrected chi connectivity index (χ2v) is 9.51. The summed E-state index contributed by atoms with van der Waals surface area (Å²) in [5.41, 5.74) is -2.47. The molecule has 1 N–H and O–H groups in total. The number of benzene rings is 2. The summed E-state index contributed by atoms with van der Waals surface area (Å²) in [7, 11) is -1.53. The van der Waals surface area contributed by atoms with Gasteiger partial charge in [-0.2, -0.15) is 13.2 Å². The first-order chi connectivity index (χ1) is 15.4. The lowest BCUT2D eigenvalue weighted by atomic mass is 9.86. The Hall–Kier alpha value is -2.17. The zero-order chi connectivity index (χ0) is 24.6. The minimum Gasteiger partial charge on any atom is -0.374 e. The average molecular weight is 525 g/mol. The summed E-state index contributed by atoms with van der Waals surface area (Å²) in [4.78, 5) is 17.2. The maximum Gasteiger partial charge on any atom is 0.435 e. The quantitative estimate of drug-likeness (QED) is 0.382. The van der Waals surface area contributed by atoms with Crippen LogP contribution in [0.25, 0.3) is 0 Å². The number of oxime groups is 1. The number of hydrogen-bond acceptors (Lipinski definition) is 4. The first kappa shape index (κ1) is 25.5. The van der Waals surface area contributed by atoms with E-state index in [2.05, 4.69) is 9.88 Å². The number of nitrogens with zero attached hydrogens (tertiary/aromatic N) is 1. The zero-order valence-corrected chi connectivity index (χ0v) is 19.7. The topological polar surface area (TPSA) is 67.8 Å². The minimum absolute atomic E-state index is 0.0338. The molecule has 0 saturated heterocycles. The van der Waals surface area contributed by atoms with E-state index in [1.165, 1.54) is 18.2 Å². The molecule has 3 rings (SSSR count). The van der Waals surface area contributed by atoms with Gasteiger partial charge in [-0.15, -0.1) is 0 Å². The summed E-state index contributed by atoms with van der Waals surface area (Å²) < 4.78 is 70.3. The standard InChI is InChI=1S/C21H18Cl2F4N2O3S/c1-3-6-33(31)29-19(30)14-5-4-12(7-11(14)2)17-10-20(32-28-17,21(25,26)27)13-8-15(22)18(24)16(23)9-13/h4-5,7-9H,3,6,10H2,1-2H3,(H,29,30). The molecule has 5 nitrogen and oxygen atoms in total. The van der Waals surface area contributed by atoms with E-state index in [4.69, 9.17) is 28.0 Å². The highest BCUT2D eigenvalue weighted by molar-refractivity contribution is 7.83. The smallest absolute Gasteiger partial charge is 0.374 e. The Kier molecular flexibility index (Phi) is 7.40. The van der Waals surface area contributed by atoms with Crippen molar-refractivity contribution in [3.8, 4) is 0 Å². The Bertz CT molecular complexity index is 1130. The minimum atomic E-state index is -4.93. The Morgan fingerprint density at radius 3 is 2.42 bits per heavy atom. The second kappa shape index (κ2) is 9.60. The monoisotopic (exact) mass is 524 g/mol. The largest absolute Gasteiger partial charge is 0.435 e. The third kappa shape index (κ3) is 5.02. The highest BCUT2D eigenvalue weighted by atomic mass is 35.5. The SMILES string of the molecule is CCCS(=O)NC(=O)c1ccc(C2=NOC(c3cc(Cl)c(F)c(Cl)c3)(C(F)(F)F)C2)cc1C. The summed E-state index contributed by atoms with van der Waals surface area (Å²) in [5.74, 6) is -1.30. The van der Waals surface area contributed by atoms with Crippen molar-refractivity contribution in [1.29, 1.82) is 0 Å². The van der Waals surface area contributed by atoms with Crippen LogP contribution in [-0.4, -0.2) is 27.8 Å².